The molecule has 0 aliphatic carbocycles. The summed E-state index contributed by atoms with van der Waals surface area (Å²) in [5.41, 5.74) is 1.55. The molecular formula is C19H19N3O3. The molecule has 6 heteroatoms. The lowest BCUT2D eigenvalue weighted by atomic mass is 10.2. The molecule has 2 aromatic rings. The molecule has 3 rings (SSSR count). The Labute approximate surface area is 146 Å². The van der Waals surface area contributed by atoms with Crippen LogP contribution in [0.15, 0.2) is 48.5 Å². The first-order chi connectivity index (χ1) is 12.2. The first-order valence-corrected chi connectivity index (χ1v) is 8.06. The Hall–Kier alpha value is -3.20. The monoisotopic (exact) mass is 337 g/mol. The van der Waals surface area contributed by atoms with Crippen molar-refractivity contribution in [2.75, 3.05) is 31.6 Å². The molecule has 0 fully saturated rings. The molecule has 1 N–H and O–H groups in total. The number of nitrogens with zero attached hydrogens (tertiary/aromatic N) is 2. The summed E-state index contributed by atoms with van der Waals surface area (Å²) < 4.78 is 11.5. The lowest BCUT2D eigenvalue weighted by Crippen LogP contribution is -2.49. The van der Waals surface area contributed by atoms with Crippen LogP contribution in [0, 0.1) is 11.3 Å². The van der Waals surface area contributed by atoms with Crippen LogP contribution >= 0.6 is 0 Å². The number of hydrogen-bond donors (Lipinski definition) is 1. The van der Waals surface area contributed by atoms with Gasteiger partial charge in [-0.1, -0.05) is 12.1 Å². The Kier molecular flexibility index (Phi) is 5.05. The van der Waals surface area contributed by atoms with Crippen molar-refractivity contribution in [2.24, 2.45) is 0 Å². The van der Waals surface area contributed by atoms with E-state index in [4.69, 9.17) is 14.7 Å². The number of fused-ring (bicyclic) bond motifs is 1. The van der Waals surface area contributed by atoms with Crippen molar-refractivity contribution in [1.29, 1.82) is 5.26 Å². The highest BCUT2D eigenvalue weighted by molar-refractivity contribution is 5.83. The molecule has 25 heavy (non-hydrogen) atoms. The maximum atomic E-state index is 12.0. The molecule has 0 saturated carbocycles. The lowest BCUT2D eigenvalue weighted by molar-refractivity contribution is -0.127. The fourth-order valence-corrected chi connectivity index (χ4v) is 2.72. The molecule has 128 valence electrons. The summed E-state index contributed by atoms with van der Waals surface area (Å²) in [6, 6.07) is 16.7. The Balaban J connectivity index is 1.65. The summed E-state index contributed by atoms with van der Waals surface area (Å²) in [7, 11) is 1.60. The van der Waals surface area contributed by atoms with E-state index in [1.165, 1.54) is 0 Å². The zero-order chi connectivity index (χ0) is 17.6. The van der Waals surface area contributed by atoms with Gasteiger partial charge in [0, 0.05) is 7.05 Å². The number of anilines is 1. The minimum absolute atomic E-state index is 0.146. The molecule has 0 aromatic heterocycles. The highest BCUT2D eigenvalue weighted by atomic mass is 16.5. The van der Waals surface area contributed by atoms with Crippen molar-refractivity contribution in [3.05, 3.63) is 54.1 Å². The quantitative estimate of drug-likeness (QED) is 0.903. The van der Waals surface area contributed by atoms with E-state index in [0.29, 0.717) is 36.8 Å². The van der Waals surface area contributed by atoms with Crippen LogP contribution in [0.1, 0.15) is 5.56 Å². The largest absolute Gasteiger partial charge is 0.492 e. The molecule has 0 bridgehead atoms. The molecule has 1 unspecified atom stereocenters. The summed E-state index contributed by atoms with van der Waals surface area (Å²) in [5.74, 6) is 1.26. The number of hydrogen-bond acceptors (Lipinski definition) is 5. The number of amides is 1. The van der Waals surface area contributed by atoms with Crippen LogP contribution in [0.4, 0.5) is 5.69 Å². The van der Waals surface area contributed by atoms with E-state index < -0.39 is 6.10 Å². The van der Waals surface area contributed by atoms with E-state index in [0.717, 1.165) is 5.69 Å². The lowest BCUT2D eigenvalue weighted by Gasteiger charge is -2.35. The van der Waals surface area contributed by atoms with E-state index in [2.05, 4.69) is 16.3 Å². The molecular weight excluding hydrogens is 318 g/mol. The predicted molar refractivity (Wildman–Crippen MR) is 93.8 cm³/mol. The number of carbonyl (C=O) groups is 1. The van der Waals surface area contributed by atoms with Gasteiger partial charge in [-0.05, 0) is 36.4 Å². The van der Waals surface area contributed by atoms with Crippen molar-refractivity contribution in [2.45, 2.75) is 6.10 Å². The third-order valence-electron chi connectivity index (χ3n) is 4.01. The van der Waals surface area contributed by atoms with Crippen LogP contribution in [0.5, 0.6) is 11.5 Å². The Morgan fingerprint density at radius 2 is 2.08 bits per heavy atom. The van der Waals surface area contributed by atoms with Crippen molar-refractivity contribution >= 4 is 11.6 Å². The fourth-order valence-electron chi connectivity index (χ4n) is 2.72. The van der Waals surface area contributed by atoms with Gasteiger partial charge in [0.05, 0.1) is 30.4 Å². The van der Waals surface area contributed by atoms with Gasteiger partial charge in [-0.25, -0.2) is 0 Å². The van der Waals surface area contributed by atoms with Crippen LogP contribution in [0.25, 0.3) is 0 Å². The molecule has 1 atom stereocenters. The van der Waals surface area contributed by atoms with Crippen LogP contribution in [0.3, 0.4) is 0 Å². The van der Waals surface area contributed by atoms with Gasteiger partial charge in [0.15, 0.2) is 6.10 Å². The maximum Gasteiger partial charge on any atom is 0.262 e. The van der Waals surface area contributed by atoms with E-state index >= 15 is 0 Å². The van der Waals surface area contributed by atoms with E-state index in [-0.39, 0.29) is 5.91 Å². The number of rotatable bonds is 5. The van der Waals surface area contributed by atoms with Crippen molar-refractivity contribution in [1.82, 2.24) is 5.32 Å². The van der Waals surface area contributed by atoms with Gasteiger partial charge in [0.2, 0.25) is 0 Å². The number of para-hydroxylation sites is 2. The first kappa shape index (κ1) is 16.7. The number of benzene rings is 2. The second-order valence-electron chi connectivity index (χ2n) is 5.62. The van der Waals surface area contributed by atoms with Crippen LogP contribution in [-0.2, 0) is 4.79 Å². The summed E-state index contributed by atoms with van der Waals surface area (Å²) in [4.78, 5) is 14.0. The molecule has 0 saturated heterocycles. The second-order valence-corrected chi connectivity index (χ2v) is 5.62. The Morgan fingerprint density at radius 1 is 1.32 bits per heavy atom. The average Bonchev–Trinajstić information content (AvgIpc) is 2.67. The van der Waals surface area contributed by atoms with Gasteiger partial charge in [-0.3, -0.25) is 4.79 Å². The van der Waals surface area contributed by atoms with Crippen LogP contribution < -0.4 is 19.7 Å². The average molecular weight is 337 g/mol. The maximum absolute atomic E-state index is 12.0. The zero-order valence-corrected chi connectivity index (χ0v) is 13.9. The van der Waals surface area contributed by atoms with Gasteiger partial charge in [-0.15, -0.1) is 0 Å². The predicted octanol–water partition coefficient (Wildman–Crippen LogP) is 1.95. The van der Waals surface area contributed by atoms with E-state index in [1.807, 2.05) is 24.3 Å². The first-order valence-electron chi connectivity index (χ1n) is 8.06. The molecule has 1 aliphatic heterocycles. The van der Waals surface area contributed by atoms with Crippen LogP contribution in [-0.4, -0.2) is 38.8 Å². The Bertz CT molecular complexity index is 783. The highest BCUT2D eigenvalue weighted by Gasteiger charge is 2.29. The number of nitrogens with one attached hydrogen (secondary N) is 1. The molecule has 1 heterocycles. The molecule has 0 spiro atoms. The Morgan fingerprint density at radius 3 is 2.80 bits per heavy atom. The third-order valence-corrected chi connectivity index (χ3v) is 4.01. The topological polar surface area (TPSA) is 74.6 Å². The molecule has 6 nitrogen and oxygen atoms in total. The SMILES string of the molecule is CNC(=O)C1CN(CCOc2ccc(C#N)cc2)c2ccccc2O1. The highest BCUT2D eigenvalue weighted by Crippen LogP contribution is 2.32. The number of carbonyl (C=O) groups excluding carboxylic acids is 1. The third kappa shape index (κ3) is 3.83. The summed E-state index contributed by atoms with van der Waals surface area (Å²) in [5, 5.41) is 11.4. The minimum atomic E-state index is -0.546. The minimum Gasteiger partial charge on any atom is -0.492 e. The van der Waals surface area contributed by atoms with Gasteiger partial charge in [0.1, 0.15) is 18.1 Å². The second kappa shape index (κ2) is 7.58. The number of likely N-dealkylation sites (N-methyl/N-ethyl adjacent to an activating group) is 1. The summed E-state index contributed by atoms with van der Waals surface area (Å²) in [6.07, 6.45) is -0.546. The van der Waals surface area contributed by atoms with Crippen molar-refractivity contribution in [3.8, 4) is 17.6 Å². The summed E-state index contributed by atoms with van der Waals surface area (Å²) in [6.45, 7) is 1.54. The van der Waals surface area contributed by atoms with Crippen LogP contribution in [0.2, 0.25) is 0 Å². The van der Waals surface area contributed by atoms with Crippen molar-refractivity contribution < 1.29 is 14.3 Å². The number of nitriles is 1. The molecule has 0 radical (unpaired) electrons. The van der Waals surface area contributed by atoms with Gasteiger partial charge in [0.25, 0.3) is 5.91 Å². The molecule has 1 amide bonds. The fraction of sp³-hybridized carbons (Fsp3) is 0.263. The van der Waals surface area contributed by atoms with Gasteiger partial charge < -0.3 is 19.7 Å². The van der Waals surface area contributed by atoms with E-state index in [9.17, 15) is 4.79 Å². The molecule has 1 aliphatic rings. The number of ether oxygens (including phenoxy) is 2. The van der Waals surface area contributed by atoms with Gasteiger partial charge >= 0.3 is 0 Å². The van der Waals surface area contributed by atoms with E-state index in [1.54, 1.807) is 31.3 Å². The standard InChI is InChI=1S/C19H19N3O3/c1-21-19(23)18-13-22(16-4-2-3-5-17(16)25-18)10-11-24-15-8-6-14(12-20)7-9-15/h2-9,18H,10-11,13H2,1H3,(H,21,23). The summed E-state index contributed by atoms with van der Waals surface area (Å²) >= 11 is 0. The smallest absolute Gasteiger partial charge is 0.262 e. The normalized spacial score (nSPS) is 15.5. The molecule has 2 aromatic carbocycles. The van der Waals surface area contributed by atoms with Gasteiger partial charge in [-0.2, -0.15) is 5.26 Å². The van der Waals surface area contributed by atoms with Crippen molar-refractivity contribution in [3.63, 3.8) is 0 Å². The zero-order valence-electron chi connectivity index (χ0n) is 13.9.